The number of hydrogen-bond acceptors (Lipinski definition) is 4. The van der Waals surface area contributed by atoms with Crippen molar-refractivity contribution in [1.82, 2.24) is 0 Å². The summed E-state index contributed by atoms with van der Waals surface area (Å²) in [7, 11) is 0. The highest BCUT2D eigenvalue weighted by Crippen LogP contribution is 2.33. The fraction of sp³-hybridized carbons (Fsp3) is 0.182. The number of hydrogen-bond donors (Lipinski definition) is 0. The molecule has 1 heterocycles. The van der Waals surface area contributed by atoms with E-state index in [0.717, 1.165) is 33.3 Å². The fourth-order valence-electron chi connectivity index (χ4n) is 3.38. The number of thioether (sulfide) groups is 1. The summed E-state index contributed by atoms with van der Waals surface area (Å²) in [5.74, 6) is -0.500. The third-order valence-electron chi connectivity index (χ3n) is 4.71. The maximum atomic E-state index is 12.4. The normalized spacial score (nSPS) is 12.8. The Hall–Kier alpha value is -2.50. The molecule has 0 saturated carbocycles. The second-order valence-corrected chi connectivity index (χ2v) is 7.89. The standard InChI is InChI=1S/C22H18ClNO3S/c23-17-8-3-6-16-7-4-10-19(22(16)17)28-14-21(26)27-13-20(25)24-12-11-15-5-1-2-9-18(15)24/h1-10H,11-14H2. The lowest BCUT2D eigenvalue weighted by atomic mass is 10.1. The number of carbonyl (C=O) groups is 2. The van der Waals surface area contributed by atoms with Gasteiger partial charge >= 0.3 is 5.97 Å². The predicted molar refractivity (Wildman–Crippen MR) is 113 cm³/mol. The number of carbonyl (C=O) groups excluding carboxylic acids is 2. The largest absolute Gasteiger partial charge is 0.455 e. The number of esters is 1. The van der Waals surface area contributed by atoms with Gasteiger partial charge in [0.15, 0.2) is 6.61 Å². The van der Waals surface area contributed by atoms with E-state index in [9.17, 15) is 9.59 Å². The van der Waals surface area contributed by atoms with E-state index in [-0.39, 0.29) is 18.3 Å². The van der Waals surface area contributed by atoms with Gasteiger partial charge in [-0.05, 0) is 35.6 Å². The Morgan fingerprint density at radius 2 is 1.82 bits per heavy atom. The molecule has 1 amide bonds. The lowest BCUT2D eigenvalue weighted by molar-refractivity contribution is -0.145. The van der Waals surface area contributed by atoms with Crippen LogP contribution in [-0.4, -0.2) is 30.8 Å². The molecule has 3 aromatic carbocycles. The zero-order chi connectivity index (χ0) is 19.5. The van der Waals surface area contributed by atoms with Crippen LogP contribution in [0.2, 0.25) is 5.02 Å². The molecule has 0 N–H and O–H groups in total. The summed E-state index contributed by atoms with van der Waals surface area (Å²) in [4.78, 5) is 27.2. The highest BCUT2D eigenvalue weighted by atomic mass is 35.5. The van der Waals surface area contributed by atoms with E-state index >= 15 is 0 Å². The predicted octanol–water partition coefficient (Wildman–Crippen LogP) is 4.72. The topological polar surface area (TPSA) is 46.6 Å². The zero-order valence-corrected chi connectivity index (χ0v) is 16.6. The number of rotatable bonds is 5. The van der Waals surface area contributed by atoms with Crippen LogP contribution in [0.25, 0.3) is 10.8 Å². The molecule has 1 aliphatic heterocycles. The quantitative estimate of drug-likeness (QED) is 0.450. The average Bonchev–Trinajstić information content (AvgIpc) is 3.15. The molecule has 0 unspecified atom stereocenters. The molecule has 3 aromatic rings. The van der Waals surface area contributed by atoms with E-state index in [1.807, 2.05) is 60.7 Å². The number of fused-ring (bicyclic) bond motifs is 2. The second-order valence-electron chi connectivity index (χ2n) is 6.47. The van der Waals surface area contributed by atoms with Gasteiger partial charge in [0.2, 0.25) is 0 Å². The van der Waals surface area contributed by atoms with Gasteiger partial charge in [0, 0.05) is 27.5 Å². The Morgan fingerprint density at radius 1 is 1.04 bits per heavy atom. The van der Waals surface area contributed by atoms with Crippen molar-refractivity contribution in [2.24, 2.45) is 0 Å². The van der Waals surface area contributed by atoms with Crippen molar-refractivity contribution in [3.8, 4) is 0 Å². The molecule has 28 heavy (non-hydrogen) atoms. The van der Waals surface area contributed by atoms with Crippen LogP contribution in [0.5, 0.6) is 0 Å². The van der Waals surface area contributed by atoms with Crippen molar-refractivity contribution in [1.29, 1.82) is 0 Å². The summed E-state index contributed by atoms with van der Waals surface area (Å²) >= 11 is 7.68. The van der Waals surface area contributed by atoms with Crippen LogP contribution in [0, 0.1) is 0 Å². The van der Waals surface area contributed by atoms with Crippen molar-refractivity contribution in [3.05, 3.63) is 71.2 Å². The minimum absolute atomic E-state index is 0.119. The van der Waals surface area contributed by atoms with Gasteiger partial charge in [-0.3, -0.25) is 9.59 Å². The van der Waals surface area contributed by atoms with Gasteiger partial charge in [-0.25, -0.2) is 0 Å². The van der Waals surface area contributed by atoms with Crippen LogP contribution in [0.4, 0.5) is 5.69 Å². The molecule has 142 valence electrons. The van der Waals surface area contributed by atoms with Crippen molar-refractivity contribution >= 4 is 51.7 Å². The number of nitrogens with zero attached hydrogens (tertiary/aromatic N) is 1. The lowest BCUT2D eigenvalue weighted by Crippen LogP contribution is -2.33. The van der Waals surface area contributed by atoms with E-state index in [1.165, 1.54) is 11.8 Å². The first-order valence-corrected chi connectivity index (χ1v) is 10.3. The number of amides is 1. The van der Waals surface area contributed by atoms with Gasteiger partial charge in [0.1, 0.15) is 0 Å². The third kappa shape index (κ3) is 3.86. The first kappa shape index (κ1) is 18.8. The van der Waals surface area contributed by atoms with Crippen LogP contribution >= 0.6 is 23.4 Å². The van der Waals surface area contributed by atoms with Crippen LogP contribution in [0.15, 0.2) is 65.6 Å². The van der Waals surface area contributed by atoms with Gasteiger partial charge in [0.05, 0.1) is 5.75 Å². The highest BCUT2D eigenvalue weighted by molar-refractivity contribution is 8.00. The molecule has 0 fully saturated rings. The van der Waals surface area contributed by atoms with E-state index in [2.05, 4.69) is 0 Å². The average molecular weight is 412 g/mol. The maximum absolute atomic E-state index is 12.4. The Balaban J connectivity index is 1.34. The molecule has 0 atom stereocenters. The van der Waals surface area contributed by atoms with E-state index < -0.39 is 5.97 Å². The summed E-state index contributed by atoms with van der Waals surface area (Å²) in [6.07, 6.45) is 0.827. The Bertz CT molecular complexity index is 1050. The number of ether oxygens (including phenoxy) is 1. The van der Waals surface area contributed by atoms with Gasteiger partial charge in [-0.15, -0.1) is 11.8 Å². The van der Waals surface area contributed by atoms with Crippen molar-refractivity contribution in [2.45, 2.75) is 11.3 Å². The number of halogens is 1. The van der Waals surface area contributed by atoms with Crippen molar-refractivity contribution < 1.29 is 14.3 Å². The van der Waals surface area contributed by atoms with Crippen LogP contribution in [-0.2, 0) is 20.7 Å². The number of anilines is 1. The molecule has 0 spiro atoms. The van der Waals surface area contributed by atoms with Crippen LogP contribution in [0.3, 0.4) is 0 Å². The number of benzene rings is 3. The molecule has 0 radical (unpaired) electrons. The molecule has 4 rings (SSSR count). The molecular formula is C22H18ClNO3S. The monoisotopic (exact) mass is 411 g/mol. The van der Waals surface area contributed by atoms with E-state index in [1.54, 1.807) is 4.90 Å². The van der Waals surface area contributed by atoms with Gasteiger partial charge < -0.3 is 9.64 Å². The molecule has 6 heteroatoms. The van der Waals surface area contributed by atoms with Gasteiger partial charge in [0.25, 0.3) is 5.91 Å². The van der Waals surface area contributed by atoms with Gasteiger partial charge in [-0.2, -0.15) is 0 Å². The van der Waals surface area contributed by atoms with E-state index in [4.69, 9.17) is 16.3 Å². The smallest absolute Gasteiger partial charge is 0.316 e. The van der Waals surface area contributed by atoms with Gasteiger partial charge in [-0.1, -0.05) is 54.1 Å². The molecule has 0 bridgehead atoms. The summed E-state index contributed by atoms with van der Waals surface area (Å²) < 4.78 is 5.21. The minimum atomic E-state index is -0.421. The molecule has 4 nitrogen and oxygen atoms in total. The van der Waals surface area contributed by atoms with E-state index in [0.29, 0.717) is 11.6 Å². The fourth-order valence-corrected chi connectivity index (χ4v) is 4.62. The van der Waals surface area contributed by atoms with Crippen molar-refractivity contribution in [3.63, 3.8) is 0 Å². The Morgan fingerprint density at radius 3 is 2.68 bits per heavy atom. The molecule has 0 aromatic heterocycles. The van der Waals surface area contributed by atoms with Crippen LogP contribution < -0.4 is 4.90 Å². The SMILES string of the molecule is O=C(CSc1cccc2cccc(Cl)c12)OCC(=O)N1CCc2ccccc21. The third-order valence-corrected chi connectivity index (χ3v) is 6.05. The summed E-state index contributed by atoms with van der Waals surface area (Å²) in [5.41, 5.74) is 2.05. The highest BCUT2D eigenvalue weighted by Gasteiger charge is 2.24. The van der Waals surface area contributed by atoms with Crippen molar-refractivity contribution in [2.75, 3.05) is 23.8 Å². The Labute approximate surface area is 172 Å². The molecule has 0 aliphatic carbocycles. The Kier molecular flexibility index (Phi) is 5.55. The summed E-state index contributed by atoms with van der Waals surface area (Å²) in [6, 6.07) is 19.4. The molecule has 1 aliphatic rings. The first-order chi connectivity index (χ1) is 13.6. The maximum Gasteiger partial charge on any atom is 0.316 e. The zero-order valence-electron chi connectivity index (χ0n) is 15.1. The lowest BCUT2D eigenvalue weighted by Gasteiger charge is -2.17. The first-order valence-electron chi connectivity index (χ1n) is 8.97. The summed E-state index contributed by atoms with van der Waals surface area (Å²) in [6.45, 7) is 0.378. The summed E-state index contributed by atoms with van der Waals surface area (Å²) in [5, 5.41) is 2.60. The minimum Gasteiger partial charge on any atom is -0.455 e. The van der Waals surface area contributed by atoms with Crippen LogP contribution in [0.1, 0.15) is 5.56 Å². The second kappa shape index (κ2) is 8.25. The molecule has 0 saturated heterocycles. The molecular weight excluding hydrogens is 394 g/mol. The number of para-hydroxylation sites is 1.